The van der Waals surface area contributed by atoms with E-state index >= 15 is 0 Å². The highest BCUT2D eigenvalue weighted by atomic mass is 35.5. The van der Waals surface area contributed by atoms with Crippen molar-refractivity contribution in [2.24, 2.45) is 0 Å². The molecule has 2 amide bonds. The molecule has 0 radical (unpaired) electrons. The Morgan fingerprint density at radius 1 is 1.04 bits per heavy atom. The van der Waals surface area contributed by atoms with Crippen molar-refractivity contribution in [3.05, 3.63) is 57.1 Å². The lowest BCUT2D eigenvalue weighted by atomic mass is 10.1. The Morgan fingerprint density at radius 3 is 2.25 bits per heavy atom. The van der Waals surface area contributed by atoms with Crippen LogP contribution in [-0.4, -0.2) is 36.3 Å². The molecule has 0 saturated carbocycles. The van der Waals surface area contributed by atoms with Crippen molar-refractivity contribution in [3.63, 3.8) is 0 Å². The van der Waals surface area contributed by atoms with Crippen LogP contribution in [0.25, 0.3) is 0 Å². The number of likely N-dealkylation sites (N-methyl/N-ethyl adjacent to an activating group) is 1. The first kappa shape index (κ1) is 22.2. The molecule has 0 aliphatic heterocycles. The Kier molecular flexibility index (Phi) is 7.47. The molecule has 0 saturated heterocycles. The molecule has 5 nitrogen and oxygen atoms in total. The average molecular weight is 422 g/mol. The van der Waals surface area contributed by atoms with Gasteiger partial charge in [0.05, 0.1) is 23.3 Å². The summed E-state index contributed by atoms with van der Waals surface area (Å²) >= 11 is 12.0. The van der Waals surface area contributed by atoms with Gasteiger partial charge in [0.2, 0.25) is 11.8 Å². The number of hydrogen-bond donors (Lipinski definition) is 2. The third kappa shape index (κ3) is 5.71. The summed E-state index contributed by atoms with van der Waals surface area (Å²) in [6.07, 6.45) is 0. The van der Waals surface area contributed by atoms with Crippen molar-refractivity contribution in [3.8, 4) is 0 Å². The first-order valence-electron chi connectivity index (χ1n) is 8.92. The molecule has 0 unspecified atom stereocenters. The van der Waals surface area contributed by atoms with Gasteiger partial charge in [0, 0.05) is 10.7 Å². The first-order valence-corrected chi connectivity index (χ1v) is 9.68. The molecule has 0 fully saturated rings. The van der Waals surface area contributed by atoms with Crippen molar-refractivity contribution in [2.75, 3.05) is 24.2 Å². The third-order valence-electron chi connectivity index (χ3n) is 4.56. The summed E-state index contributed by atoms with van der Waals surface area (Å²) in [5, 5.41) is 6.57. The van der Waals surface area contributed by atoms with Gasteiger partial charge < -0.3 is 10.6 Å². The molecule has 2 rings (SSSR count). The van der Waals surface area contributed by atoms with E-state index in [0.717, 1.165) is 22.4 Å². The van der Waals surface area contributed by atoms with Gasteiger partial charge in [-0.05, 0) is 64.1 Å². The minimum Gasteiger partial charge on any atom is -0.324 e. The molecule has 0 aliphatic carbocycles. The summed E-state index contributed by atoms with van der Waals surface area (Å²) < 4.78 is 0. The fourth-order valence-corrected chi connectivity index (χ4v) is 3.29. The van der Waals surface area contributed by atoms with Crippen LogP contribution in [-0.2, 0) is 9.59 Å². The number of carbonyl (C=O) groups excluding carboxylic acids is 2. The number of aryl methyl sites for hydroxylation is 3. The molecular weight excluding hydrogens is 397 g/mol. The maximum atomic E-state index is 12.5. The van der Waals surface area contributed by atoms with Gasteiger partial charge in [-0.25, -0.2) is 0 Å². The zero-order valence-corrected chi connectivity index (χ0v) is 18.2. The predicted octanol–water partition coefficient (Wildman–Crippen LogP) is 4.82. The van der Waals surface area contributed by atoms with Crippen LogP contribution in [0.4, 0.5) is 11.4 Å². The van der Waals surface area contributed by atoms with E-state index in [4.69, 9.17) is 23.2 Å². The molecular formula is C21H25Cl2N3O2. The van der Waals surface area contributed by atoms with Crippen molar-refractivity contribution >= 4 is 46.4 Å². The molecule has 0 aromatic heterocycles. The normalized spacial score (nSPS) is 12.0. The number of benzene rings is 2. The zero-order valence-electron chi connectivity index (χ0n) is 16.7. The molecule has 2 aromatic rings. The van der Waals surface area contributed by atoms with Gasteiger partial charge in [-0.1, -0.05) is 40.9 Å². The Morgan fingerprint density at radius 2 is 1.64 bits per heavy atom. The van der Waals surface area contributed by atoms with E-state index in [1.807, 2.05) is 32.9 Å². The Bertz CT molecular complexity index is 876. The van der Waals surface area contributed by atoms with Crippen molar-refractivity contribution < 1.29 is 9.59 Å². The standard InChI is InChI=1S/C21H25Cl2N3O2/c1-12-8-13(2)20(14(3)9-12)25-19(27)11-26(5)15(4)21(28)24-18-10-16(22)6-7-17(18)23/h6-10,15H,11H2,1-5H3,(H,24,28)(H,25,27)/t15-/m0/s1. The lowest BCUT2D eigenvalue weighted by Crippen LogP contribution is -2.43. The van der Waals surface area contributed by atoms with Gasteiger partial charge in [-0.2, -0.15) is 0 Å². The lowest BCUT2D eigenvalue weighted by molar-refractivity contribution is -0.122. The van der Waals surface area contributed by atoms with E-state index in [0.29, 0.717) is 15.7 Å². The van der Waals surface area contributed by atoms with E-state index in [2.05, 4.69) is 10.6 Å². The summed E-state index contributed by atoms with van der Waals surface area (Å²) in [5.41, 5.74) is 4.42. The fraction of sp³-hybridized carbons (Fsp3) is 0.333. The van der Waals surface area contributed by atoms with Crippen LogP contribution in [0.3, 0.4) is 0 Å². The van der Waals surface area contributed by atoms with Gasteiger partial charge in [0.25, 0.3) is 0 Å². The van der Waals surface area contributed by atoms with E-state index in [1.54, 1.807) is 37.1 Å². The third-order valence-corrected chi connectivity index (χ3v) is 5.13. The minimum absolute atomic E-state index is 0.0740. The first-order chi connectivity index (χ1) is 13.1. The quantitative estimate of drug-likeness (QED) is 0.702. The molecule has 7 heteroatoms. The lowest BCUT2D eigenvalue weighted by Gasteiger charge is -2.24. The fourth-order valence-electron chi connectivity index (χ4n) is 2.95. The number of nitrogens with one attached hydrogen (secondary N) is 2. The van der Waals surface area contributed by atoms with Crippen LogP contribution in [0.2, 0.25) is 10.0 Å². The topological polar surface area (TPSA) is 61.4 Å². The number of halogens is 2. The second kappa shape index (κ2) is 9.41. The maximum Gasteiger partial charge on any atom is 0.241 e. The molecule has 150 valence electrons. The zero-order chi connectivity index (χ0) is 21.0. The Balaban J connectivity index is 1.99. The molecule has 28 heavy (non-hydrogen) atoms. The molecule has 1 atom stereocenters. The molecule has 2 aromatic carbocycles. The minimum atomic E-state index is -0.541. The molecule has 2 N–H and O–H groups in total. The van der Waals surface area contributed by atoms with Gasteiger partial charge in [-0.3, -0.25) is 14.5 Å². The van der Waals surface area contributed by atoms with Crippen LogP contribution in [0, 0.1) is 20.8 Å². The summed E-state index contributed by atoms with van der Waals surface area (Å²) in [6, 6.07) is 8.36. The largest absolute Gasteiger partial charge is 0.324 e. The van der Waals surface area contributed by atoms with Gasteiger partial charge >= 0.3 is 0 Å². The summed E-state index contributed by atoms with van der Waals surface area (Å²) in [5.74, 6) is -0.458. The molecule has 0 bridgehead atoms. The number of nitrogens with zero attached hydrogens (tertiary/aromatic N) is 1. The molecule has 0 heterocycles. The van der Waals surface area contributed by atoms with Gasteiger partial charge in [0.1, 0.15) is 0 Å². The Hall–Kier alpha value is -2.08. The number of rotatable bonds is 6. The molecule has 0 spiro atoms. The summed E-state index contributed by atoms with van der Waals surface area (Å²) in [7, 11) is 1.72. The highest BCUT2D eigenvalue weighted by Crippen LogP contribution is 2.26. The van der Waals surface area contributed by atoms with Crippen LogP contribution >= 0.6 is 23.2 Å². The second-order valence-electron chi connectivity index (χ2n) is 7.03. The summed E-state index contributed by atoms with van der Waals surface area (Å²) in [4.78, 5) is 26.7. The van der Waals surface area contributed by atoms with Crippen LogP contribution in [0.1, 0.15) is 23.6 Å². The maximum absolute atomic E-state index is 12.5. The smallest absolute Gasteiger partial charge is 0.241 e. The highest BCUT2D eigenvalue weighted by molar-refractivity contribution is 6.35. The van der Waals surface area contributed by atoms with Gasteiger partial charge in [-0.15, -0.1) is 0 Å². The predicted molar refractivity (Wildman–Crippen MR) is 116 cm³/mol. The Labute approximate surface area is 176 Å². The second-order valence-corrected chi connectivity index (χ2v) is 7.87. The van der Waals surface area contributed by atoms with Crippen LogP contribution in [0.5, 0.6) is 0 Å². The van der Waals surface area contributed by atoms with Crippen LogP contribution in [0.15, 0.2) is 30.3 Å². The number of anilines is 2. The van der Waals surface area contributed by atoms with E-state index in [1.165, 1.54) is 0 Å². The molecule has 0 aliphatic rings. The van der Waals surface area contributed by atoms with Crippen molar-refractivity contribution in [1.82, 2.24) is 4.90 Å². The number of carbonyl (C=O) groups is 2. The van der Waals surface area contributed by atoms with Gasteiger partial charge in [0.15, 0.2) is 0 Å². The monoisotopic (exact) mass is 421 g/mol. The highest BCUT2D eigenvalue weighted by Gasteiger charge is 2.21. The number of hydrogen-bond acceptors (Lipinski definition) is 3. The SMILES string of the molecule is Cc1cc(C)c(NC(=O)CN(C)[C@@H](C)C(=O)Nc2cc(Cl)ccc2Cl)c(C)c1. The van der Waals surface area contributed by atoms with E-state index in [-0.39, 0.29) is 18.4 Å². The van der Waals surface area contributed by atoms with E-state index in [9.17, 15) is 9.59 Å². The van der Waals surface area contributed by atoms with Crippen molar-refractivity contribution in [1.29, 1.82) is 0 Å². The number of amides is 2. The summed E-state index contributed by atoms with van der Waals surface area (Å²) in [6.45, 7) is 7.74. The average Bonchev–Trinajstić information content (AvgIpc) is 2.60. The van der Waals surface area contributed by atoms with Crippen molar-refractivity contribution in [2.45, 2.75) is 33.7 Å². The van der Waals surface area contributed by atoms with E-state index < -0.39 is 6.04 Å². The van der Waals surface area contributed by atoms with Crippen LogP contribution < -0.4 is 10.6 Å².